The molecule has 1 N–H and O–H groups in total. The molecule has 2 nitrogen and oxygen atoms in total. The highest BCUT2D eigenvalue weighted by molar-refractivity contribution is 4.89. The zero-order valence-electron chi connectivity index (χ0n) is 10.5. The highest BCUT2D eigenvalue weighted by Crippen LogP contribution is 2.39. The molecule has 0 heterocycles. The summed E-state index contributed by atoms with van der Waals surface area (Å²) in [4.78, 5) is 0. The van der Waals surface area contributed by atoms with Crippen LogP contribution in [0.25, 0.3) is 0 Å². The van der Waals surface area contributed by atoms with Crippen LogP contribution in [0.2, 0.25) is 0 Å². The first-order valence-electron chi connectivity index (χ1n) is 6.33. The molecular weight excluding hydrogens is 188 g/mol. The molecule has 90 valence electrons. The third-order valence-corrected chi connectivity index (χ3v) is 4.22. The monoisotopic (exact) mass is 214 g/mol. The molecule has 0 bridgehead atoms. The van der Waals surface area contributed by atoms with Crippen LogP contribution in [0.4, 0.5) is 0 Å². The van der Waals surface area contributed by atoms with Crippen molar-refractivity contribution >= 4 is 0 Å². The molecule has 0 amide bonds. The average molecular weight is 214 g/mol. The molecule has 2 heteroatoms. The minimum atomic E-state index is -0.412. The Balaban J connectivity index is 2.39. The molecule has 0 saturated heterocycles. The van der Waals surface area contributed by atoms with Crippen molar-refractivity contribution in [2.45, 2.75) is 58.0 Å². The van der Waals surface area contributed by atoms with Crippen LogP contribution >= 0.6 is 0 Å². The van der Waals surface area contributed by atoms with Crippen molar-refractivity contribution in [3.63, 3.8) is 0 Å². The standard InChI is InChI=1S/C13H26O2/c1-4-12-5-8-13(14,9-6-12)11(2)7-10-15-3/h11-12,14H,4-10H2,1-3H3. The lowest BCUT2D eigenvalue weighted by molar-refractivity contribution is -0.0612. The van der Waals surface area contributed by atoms with Crippen LogP contribution in [0, 0.1) is 11.8 Å². The van der Waals surface area contributed by atoms with Crippen molar-refractivity contribution in [1.29, 1.82) is 0 Å². The number of aliphatic hydroxyl groups is 1. The van der Waals surface area contributed by atoms with Gasteiger partial charge in [0.2, 0.25) is 0 Å². The maximum absolute atomic E-state index is 10.5. The van der Waals surface area contributed by atoms with Gasteiger partial charge in [-0.15, -0.1) is 0 Å². The Morgan fingerprint density at radius 3 is 2.47 bits per heavy atom. The smallest absolute Gasteiger partial charge is 0.0674 e. The number of methoxy groups -OCH3 is 1. The Bertz CT molecular complexity index is 171. The molecule has 1 saturated carbocycles. The molecule has 1 fully saturated rings. The van der Waals surface area contributed by atoms with Gasteiger partial charge in [0, 0.05) is 13.7 Å². The van der Waals surface area contributed by atoms with Gasteiger partial charge in [-0.25, -0.2) is 0 Å². The van der Waals surface area contributed by atoms with Crippen LogP contribution in [0.5, 0.6) is 0 Å². The fourth-order valence-electron chi connectivity index (χ4n) is 2.64. The Hall–Kier alpha value is -0.0800. The van der Waals surface area contributed by atoms with Gasteiger partial charge in [-0.1, -0.05) is 20.3 Å². The van der Waals surface area contributed by atoms with Crippen molar-refractivity contribution in [2.75, 3.05) is 13.7 Å². The highest BCUT2D eigenvalue weighted by atomic mass is 16.5. The number of hydrogen-bond donors (Lipinski definition) is 1. The van der Waals surface area contributed by atoms with Gasteiger partial charge in [-0.3, -0.25) is 0 Å². The van der Waals surface area contributed by atoms with E-state index in [1.165, 1.54) is 19.3 Å². The van der Waals surface area contributed by atoms with Gasteiger partial charge in [0.05, 0.1) is 5.60 Å². The molecule has 1 unspecified atom stereocenters. The van der Waals surface area contributed by atoms with Gasteiger partial charge >= 0.3 is 0 Å². The van der Waals surface area contributed by atoms with Gasteiger partial charge in [-0.05, 0) is 43.9 Å². The zero-order valence-corrected chi connectivity index (χ0v) is 10.5. The maximum Gasteiger partial charge on any atom is 0.0674 e. The van der Waals surface area contributed by atoms with Crippen LogP contribution in [-0.2, 0) is 4.74 Å². The zero-order chi connectivity index (χ0) is 11.3. The first-order valence-corrected chi connectivity index (χ1v) is 6.33. The van der Waals surface area contributed by atoms with Gasteiger partial charge in [0.15, 0.2) is 0 Å². The molecule has 0 aromatic heterocycles. The molecule has 1 aliphatic carbocycles. The van der Waals surface area contributed by atoms with E-state index in [2.05, 4.69) is 13.8 Å². The number of hydrogen-bond acceptors (Lipinski definition) is 2. The molecule has 0 spiro atoms. The Labute approximate surface area is 94.0 Å². The third kappa shape index (κ3) is 3.46. The number of ether oxygens (including phenoxy) is 1. The summed E-state index contributed by atoms with van der Waals surface area (Å²) in [5.74, 6) is 1.22. The quantitative estimate of drug-likeness (QED) is 0.762. The molecule has 1 atom stereocenters. The second-order valence-electron chi connectivity index (χ2n) is 5.14. The normalized spacial score (nSPS) is 34.0. The minimum Gasteiger partial charge on any atom is -0.390 e. The molecule has 0 aromatic carbocycles. The van der Waals surface area contributed by atoms with Crippen LogP contribution in [0.1, 0.15) is 52.4 Å². The molecule has 0 aliphatic heterocycles. The molecule has 0 radical (unpaired) electrons. The van der Waals surface area contributed by atoms with E-state index in [0.29, 0.717) is 5.92 Å². The fourth-order valence-corrected chi connectivity index (χ4v) is 2.64. The van der Waals surface area contributed by atoms with Crippen molar-refractivity contribution in [3.8, 4) is 0 Å². The Kier molecular flexibility index (Phi) is 5.07. The summed E-state index contributed by atoms with van der Waals surface area (Å²) in [5.41, 5.74) is -0.412. The second-order valence-corrected chi connectivity index (χ2v) is 5.14. The largest absolute Gasteiger partial charge is 0.390 e. The predicted octanol–water partition coefficient (Wildman–Crippen LogP) is 2.99. The van der Waals surface area contributed by atoms with E-state index in [9.17, 15) is 5.11 Å². The van der Waals surface area contributed by atoms with Crippen molar-refractivity contribution in [3.05, 3.63) is 0 Å². The van der Waals surface area contributed by atoms with Gasteiger partial charge in [0.25, 0.3) is 0 Å². The lowest BCUT2D eigenvalue weighted by Gasteiger charge is -2.40. The summed E-state index contributed by atoms with van der Waals surface area (Å²) >= 11 is 0. The van der Waals surface area contributed by atoms with E-state index >= 15 is 0 Å². The highest BCUT2D eigenvalue weighted by Gasteiger charge is 2.36. The van der Waals surface area contributed by atoms with E-state index < -0.39 is 5.60 Å². The van der Waals surface area contributed by atoms with Crippen LogP contribution < -0.4 is 0 Å². The maximum atomic E-state index is 10.5. The van der Waals surface area contributed by atoms with E-state index in [0.717, 1.165) is 31.8 Å². The third-order valence-electron chi connectivity index (χ3n) is 4.22. The minimum absolute atomic E-state index is 0.371. The van der Waals surface area contributed by atoms with E-state index in [1.54, 1.807) is 7.11 Å². The molecule has 1 rings (SSSR count). The SMILES string of the molecule is CCC1CCC(O)(C(C)CCOC)CC1. The Morgan fingerprint density at radius 1 is 1.40 bits per heavy atom. The van der Waals surface area contributed by atoms with Crippen molar-refractivity contribution in [2.24, 2.45) is 11.8 Å². The average Bonchev–Trinajstić information content (AvgIpc) is 2.27. The van der Waals surface area contributed by atoms with Gasteiger partial charge < -0.3 is 9.84 Å². The van der Waals surface area contributed by atoms with Gasteiger partial charge in [-0.2, -0.15) is 0 Å². The fraction of sp³-hybridized carbons (Fsp3) is 1.00. The van der Waals surface area contributed by atoms with Crippen LogP contribution in [-0.4, -0.2) is 24.4 Å². The topological polar surface area (TPSA) is 29.5 Å². The first kappa shape index (κ1) is 13.0. The molecule has 0 aromatic rings. The Morgan fingerprint density at radius 2 is 2.00 bits per heavy atom. The van der Waals surface area contributed by atoms with E-state index in [1.807, 2.05) is 0 Å². The summed E-state index contributed by atoms with van der Waals surface area (Å²) < 4.78 is 5.08. The lowest BCUT2D eigenvalue weighted by Crippen LogP contribution is -2.40. The lowest BCUT2D eigenvalue weighted by atomic mass is 9.71. The summed E-state index contributed by atoms with van der Waals surface area (Å²) in [5, 5.41) is 10.5. The predicted molar refractivity (Wildman–Crippen MR) is 62.9 cm³/mol. The first-order chi connectivity index (χ1) is 7.12. The van der Waals surface area contributed by atoms with Crippen LogP contribution in [0.3, 0.4) is 0 Å². The summed E-state index contributed by atoms with van der Waals surface area (Å²) in [6, 6.07) is 0. The molecule has 15 heavy (non-hydrogen) atoms. The van der Waals surface area contributed by atoms with Crippen molar-refractivity contribution in [1.82, 2.24) is 0 Å². The van der Waals surface area contributed by atoms with Crippen molar-refractivity contribution < 1.29 is 9.84 Å². The summed E-state index contributed by atoms with van der Waals surface area (Å²) in [6.45, 7) is 5.18. The molecular formula is C13H26O2. The number of rotatable bonds is 5. The second kappa shape index (κ2) is 5.86. The van der Waals surface area contributed by atoms with Crippen LogP contribution in [0.15, 0.2) is 0 Å². The molecule has 1 aliphatic rings. The summed E-state index contributed by atoms with van der Waals surface area (Å²) in [7, 11) is 1.73. The summed E-state index contributed by atoms with van der Waals surface area (Å²) in [6.07, 6.45) is 6.60. The van der Waals surface area contributed by atoms with Gasteiger partial charge in [0.1, 0.15) is 0 Å². The van der Waals surface area contributed by atoms with E-state index in [4.69, 9.17) is 4.74 Å². The van der Waals surface area contributed by atoms with E-state index in [-0.39, 0.29) is 0 Å².